The van der Waals surface area contributed by atoms with Gasteiger partial charge in [0.15, 0.2) is 0 Å². The highest BCUT2D eigenvalue weighted by Crippen LogP contribution is 2.31. The predicted molar refractivity (Wildman–Crippen MR) is 86.8 cm³/mol. The van der Waals surface area contributed by atoms with Gasteiger partial charge < -0.3 is 4.57 Å². The number of hydrogen-bond acceptors (Lipinski definition) is 0. The molecule has 0 bridgehead atoms. The van der Waals surface area contributed by atoms with Gasteiger partial charge in [-0.15, -0.1) is 0 Å². The Morgan fingerprint density at radius 3 is 2.20 bits per heavy atom. The lowest BCUT2D eigenvalue weighted by Gasteiger charge is -2.22. The molecule has 0 atom stereocenters. The van der Waals surface area contributed by atoms with Crippen LogP contribution in [0.25, 0.3) is 22.2 Å². The predicted octanol–water partition coefficient (Wildman–Crippen LogP) is 5.35. The Bertz CT molecular complexity index is 714. The molecule has 102 valence electrons. The minimum Gasteiger partial charge on any atom is -0.340 e. The summed E-state index contributed by atoms with van der Waals surface area (Å²) < 4.78 is 2.45. The SMILES string of the molecule is CC(C)(C)Cn1c(-c2ccccc2)cc2ccccc21. The van der Waals surface area contributed by atoms with Crippen molar-refractivity contribution >= 4 is 10.9 Å². The van der Waals surface area contributed by atoms with E-state index >= 15 is 0 Å². The van der Waals surface area contributed by atoms with Gasteiger partial charge in [-0.3, -0.25) is 0 Å². The van der Waals surface area contributed by atoms with Crippen molar-refractivity contribution in [2.24, 2.45) is 5.41 Å². The monoisotopic (exact) mass is 263 g/mol. The second kappa shape index (κ2) is 4.82. The topological polar surface area (TPSA) is 4.93 Å². The molecule has 2 aromatic carbocycles. The van der Waals surface area contributed by atoms with Crippen molar-refractivity contribution in [3.8, 4) is 11.3 Å². The molecular weight excluding hydrogens is 242 g/mol. The lowest BCUT2D eigenvalue weighted by atomic mass is 9.96. The first-order valence-electron chi connectivity index (χ1n) is 7.18. The third kappa shape index (κ3) is 2.49. The zero-order chi connectivity index (χ0) is 14.2. The third-order valence-electron chi connectivity index (χ3n) is 3.51. The average molecular weight is 263 g/mol. The largest absolute Gasteiger partial charge is 0.340 e. The van der Waals surface area contributed by atoms with E-state index in [0.29, 0.717) is 0 Å². The number of benzene rings is 2. The van der Waals surface area contributed by atoms with E-state index in [9.17, 15) is 0 Å². The zero-order valence-corrected chi connectivity index (χ0v) is 12.4. The molecule has 0 amide bonds. The molecule has 0 aliphatic carbocycles. The van der Waals surface area contributed by atoms with Gasteiger partial charge in [0.1, 0.15) is 0 Å². The van der Waals surface area contributed by atoms with Crippen LogP contribution in [0.3, 0.4) is 0 Å². The summed E-state index contributed by atoms with van der Waals surface area (Å²) in [6, 6.07) is 21.6. The van der Waals surface area contributed by atoms with E-state index in [1.807, 2.05) is 0 Å². The van der Waals surface area contributed by atoms with Gasteiger partial charge in [0, 0.05) is 23.1 Å². The molecule has 3 aromatic rings. The summed E-state index contributed by atoms with van der Waals surface area (Å²) in [5, 5.41) is 1.32. The minimum absolute atomic E-state index is 0.255. The van der Waals surface area contributed by atoms with Crippen LogP contribution in [0.2, 0.25) is 0 Å². The molecule has 1 aromatic heterocycles. The molecule has 1 nitrogen and oxygen atoms in total. The third-order valence-corrected chi connectivity index (χ3v) is 3.51. The summed E-state index contributed by atoms with van der Waals surface area (Å²) in [7, 11) is 0. The van der Waals surface area contributed by atoms with E-state index in [2.05, 4.69) is 86.0 Å². The number of para-hydroxylation sites is 1. The molecule has 0 aliphatic heterocycles. The van der Waals surface area contributed by atoms with Crippen molar-refractivity contribution in [2.45, 2.75) is 27.3 Å². The summed E-state index contributed by atoms with van der Waals surface area (Å²) in [4.78, 5) is 0. The standard InChI is InChI=1S/C19H21N/c1-19(2,3)14-20-17-12-8-7-11-16(17)13-18(20)15-9-5-4-6-10-15/h4-13H,14H2,1-3H3. The first-order chi connectivity index (χ1) is 9.54. The van der Waals surface area contributed by atoms with E-state index in [0.717, 1.165) is 6.54 Å². The number of aromatic nitrogens is 1. The molecule has 0 N–H and O–H groups in total. The van der Waals surface area contributed by atoms with Crippen LogP contribution in [0.4, 0.5) is 0 Å². The van der Waals surface area contributed by atoms with E-state index in [-0.39, 0.29) is 5.41 Å². The smallest absolute Gasteiger partial charge is 0.0491 e. The molecule has 20 heavy (non-hydrogen) atoms. The maximum atomic E-state index is 2.45. The van der Waals surface area contributed by atoms with E-state index < -0.39 is 0 Å². The molecule has 0 saturated heterocycles. The Balaban J connectivity index is 2.23. The molecule has 3 rings (SSSR count). The molecule has 0 unspecified atom stereocenters. The van der Waals surface area contributed by atoms with Gasteiger partial charge in [-0.1, -0.05) is 69.3 Å². The lowest BCUT2D eigenvalue weighted by molar-refractivity contribution is 0.351. The Labute approximate surface area is 120 Å². The van der Waals surface area contributed by atoms with E-state index in [1.54, 1.807) is 0 Å². The summed E-state index contributed by atoms with van der Waals surface area (Å²) >= 11 is 0. The number of nitrogens with zero attached hydrogens (tertiary/aromatic N) is 1. The van der Waals surface area contributed by atoms with Gasteiger partial charge in [0.05, 0.1) is 0 Å². The molecule has 0 radical (unpaired) electrons. The Hall–Kier alpha value is -2.02. The Morgan fingerprint density at radius 2 is 1.50 bits per heavy atom. The fourth-order valence-corrected chi connectivity index (χ4v) is 2.70. The van der Waals surface area contributed by atoms with Crippen molar-refractivity contribution in [1.29, 1.82) is 0 Å². The summed E-state index contributed by atoms with van der Waals surface area (Å²) in [6.07, 6.45) is 0. The summed E-state index contributed by atoms with van der Waals surface area (Å²) in [5.74, 6) is 0. The highest BCUT2D eigenvalue weighted by atomic mass is 15.0. The van der Waals surface area contributed by atoms with Crippen LogP contribution < -0.4 is 0 Å². The second-order valence-corrected chi connectivity index (χ2v) is 6.60. The highest BCUT2D eigenvalue weighted by Gasteiger charge is 2.16. The average Bonchev–Trinajstić information content (AvgIpc) is 2.77. The van der Waals surface area contributed by atoms with Gasteiger partial charge in [0.2, 0.25) is 0 Å². The van der Waals surface area contributed by atoms with Gasteiger partial charge >= 0.3 is 0 Å². The van der Waals surface area contributed by atoms with E-state index in [4.69, 9.17) is 0 Å². The lowest BCUT2D eigenvalue weighted by Crippen LogP contribution is -2.16. The van der Waals surface area contributed by atoms with E-state index in [1.165, 1.54) is 22.2 Å². The van der Waals surface area contributed by atoms with Crippen LogP contribution in [0.1, 0.15) is 20.8 Å². The first kappa shape index (κ1) is 13.0. The Kier molecular flexibility index (Phi) is 3.13. The van der Waals surface area contributed by atoms with Crippen LogP contribution in [0.5, 0.6) is 0 Å². The van der Waals surface area contributed by atoms with Gasteiger partial charge in [0.25, 0.3) is 0 Å². The summed E-state index contributed by atoms with van der Waals surface area (Å²) in [5.41, 5.74) is 4.17. The van der Waals surface area contributed by atoms with Crippen molar-refractivity contribution < 1.29 is 0 Å². The van der Waals surface area contributed by atoms with Crippen molar-refractivity contribution in [2.75, 3.05) is 0 Å². The molecule has 0 spiro atoms. The van der Waals surface area contributed by atoms with Crippen LogP contribution in [-0.2, 0) is 6.54 Å². The number of fused-ring (bicyclic) bond motifs is 1. The normalized spacial score (nSPS) is 11.9. The molecule has 0 saturated carbocycles. The molecule has 0 fully saturated rings. The highest BCUT2D eigenvalue weighted by molar-refractivity contribution is 5.87. The molecule has 1 heteroatoms. The van der Waals surface area contributed by atoms with Crippen LogP contribution in [-0.4, -0.2) is 4.57 Å². The molecule has 0 aliphatic rings. The molecular formula is C19H21N. The number of rotatable bonds is 2. The van der Waals surface area contributed by atoms with Crippen LogP contribution >= 0.6 is 0 Å². The maximum Gasteiger partial charge on any atom is 0.0491 e. The fraction of sp³-hybridized carbons (Fsp3) is 0.263. The minimum atomic E-state index is 0.255. The fourth-order valence-electron chi connectivity index (χ4n) is 2.70. The quantitative estimate of drug-likeness (QED) is 0.587. The maximum absolute atomic E-state index is 2.45. The van der Waals surface area contributed by atoms with Crippen LogP contribution in [0.15, 0.2) is 60.7 Å². The first-order valence-corrected chi connectivity index (χ1v) is 7.18. The summed E-state index contributed by atoms with van der Waals surface area (Å²) in [6.45, 7) is 7.88. The van der Waals surface area contributed by atoms with Gasteiger partial charge in [-0.2, -0.15) is 0 Å². The van der Waals surface area contributed by atoms with Crippen LogP contribution in [0, 0.1) is 5.41 Å². The van der Waals surface area contributed by atoms with Crippen molar-refractivity contribution in [1.82, 2.24) is 4.57 Å². The zero-order valence-electron chi connectivity index (χ0n) is 12.4. The van der Waals surface area contributed by atoms with Crippen molar-refractivity contribution in [3.63, 3.8) is 0 Å². The second-order valence-electron chi connectivity index (χ2n) is 6.60. The Morgan fingerprint density at radius 1 is 0.850 bits per heavy atom. The number of hydrogen-bond donors (Lipinski definition) is 0. The van der Waals surface area contributed by atoms with Gasteiger partial charge in [-0.25, -0.2) is 0 Å². The molecule has 1 heterocycles. The van der Waals surface area contributed by atoms with Crippen molar-refractivity contribution in [3.05, 3.63) is 60.7 Å². The van der Waals surface area contributed by atoms with Gasteiger partial charge in [-0.05, 0) is 23.1 Å².